The number of benzene rings is 1. The lowest BCUT2D eigenvalue weighted by atomic mass is 10.0. The first-order chi connectivity index (χ1) is 7.95. The minimum atomic E-state index is -1.42. The minimum Gasteiger partial charge on any atom is -0.497 e. The quantitative estimate of drug-likeness (QED) is 0.590. The van der Waals surface area contributed by atoms with Crippen LogP contribution in [0.15, 0.2) is 18.2 Å². The first kappa shape index (κ1) is 12.9. The van der Waals surface area contributed by atoms with Crippen molar-refractivity contribution in [3.8, 4) is 5.75 Å². The Morgan fingerprint density at radius 2 is 2.24 bits per heavy atom. The zero-order valence-corrected chi connectivity index (χ0v) is 8.99. The van der Waals surface area contributed by atoms with Crippen LogP contribution in [-0.2, 0) is 4.79 Å². The first-order valence-corrected chi connectivity index (χ1v) is 4.68. The Morgan fingerprint density at radius 3 is 2.71 bits per heavy atom. The third-order valence-electron chi connectivity index (χ3n) is 2.16. The second kappa shape index (κ2) is 5.26. The summed E-state index contributed by atoms with van der Waals surface area (Å²) in [6.45, 7) is 0. The lowest BCUT2D eigenvalue weighted by molar-refractivity contribution is -0.386. The number of ether oxygens (including phenoxy) is 1. The summed E-state index contributed by atoms with van der Waals surface area (Å²) in [4.78, 5) is 20.5. The fourth-order valence-electron chi connectivity index (χ4n) is 1.37. The van der Waals surface area contributed by atoms with Crippen molar-refractivity contribution in [2.45, 2.75) is 12.5 Å². The van der Waals surface area contributed by atoms with Crippen molar-refractivity contribution < 1.29 is 24.7 Å². The van der Waals surface area contributed by atoms with Crippen LogP contribution in [0.5, 0.6) is 5.75 Å². The van der Waals surface area contributed by atoms with E-state index in [2.05, 4.69) is 0 Å². The number of rotatable bonds is 5. The van der Waals surface area contributed by atoms with Gasteiger partial charge in [-0.1, -0.05) is 0 Å². The van der Waals surface area contributed by atoms with Gasteiger partial charge in [-0.25, -0.2) is 0 Å². The summed E-state index contributed by atoms with van der Waals surface area (Å²) in [5.41, 5.74) is -0.406. The normalized spacial score (nSPS) is 11.9. The molecule has 0 saturated carbocycles. The SMILES string of the molecule is COc1ccc(C(O)CC(=O)O)c([N+](=O)[O-])c1. The molecule has 0 amide bonds. The van der Waals surface area contributed by atoms with Crippen LogP contribution in [0.3, 0.4) is 0 Å². The Hall–Kier alpha value is -2.15. The van der Waals surface area contributed by atoms with Crippen molar-refractivity contribution in [1.29, 1.82) is 0 Å². The van der Waals surface area contributed by atoms with Crippen LogP contribution in [-0.4, -0.2) is 28.2 Å². The van der Waals surface area contributed by atoms with Gasteiger partial charge < -0.3 is 14.9 Å². The van der Waals surface area contributed by atoms with Gasteiger partial charge in [0.05, 0.1) is 36.2 Å². The van der Waals surface area contributed by atoms with Gasteiger partial charge in [0, 0.05) is 0 Å². The molecule has 1 aromatic carbocycles. The first-order valence-electron chi connectivity index (χ1n) is 4.68. The van der Waals surface area contributed by atoms with Crippen LogP contribution >= 0.6 is 0 Å². The smallest absolute Gasteiger partial charge is 0.306 e. The summed E-state index contributed by atoms with van der Waals surface area (Å²) in [6.07, 6.45) is -2.01. The summed E-state index contributed by atoms with van der Waals surface area (Å²) in [6, 6.07) is 3.85. The van der Waals surface area contributed by atoms with Gasteiger partial charge in [-0.2, -0.15) is 0 Å². The summed E-state index contributed by atoms with van der Waals surface area (Å²) >= 11 is 0. The Morgan fingerprint density at radius 1 is 1.59 bits per heavy atom. The molecule has 0 saturated heterocycles. The standard InChI is InChI=1S/C10H11NO6/c1-17-6-2-3-7(8(4-6)11(15)16)9(12)5-10(13)14/h2-4,9,12H,5H2,1H3,(H,13,14). The number of aliphatic hydroxyl groups is 1. The van der Waals surface area contributed by atoms with Crippen molar-refractivity contribution in [2.24, 2.45) is 0 Å². The molecule has 0 radical (unpaired) electrons. The Balaban J connectivity index is 3.14. The van der Waals surface area contributed by atoms with E-state index in [1.807, 2.05) is 0 Å². The van der Waals surface area contributed by atoms with Crippen molar-refractivity contribution in [1.82, 2.24) is 0 Å². The Kier molecular flexibility index (Phi) is 4.00. The number of aliphatic hydroxyl groups excluding tert-OH is 1. The van der Waals surface area contributed by atoms with E-state index in [-0.39, 0.29) is 17.0 Å². The average molecular weight is 241 g/mol. The lowest BCUT2D eigenvalue weighted by Crippen LogP contribution is -2.08. The summed E-state index contributed by atoms with van der Waals surface area (Å²) in [7, 11) is 1.35. The van der Waals surface area contributed by atoms with E-state index in [4.69, 9.17) is 9.84 Å². The molecule has 1 atom stereocenters. The van der Waals surface area contributed by atoms with Gasteiger partial charge in [-0.05, 0) is 12.1 Å². The Bertz CT molecular complexity index is 444. The number of methoxy groups -OCH3 is 1. The molecular formula is C10H11NO6. The fraction of sp³-hybridized carbons (Fsp3) is 0.300. The number of aliphatic carboxylic acids is 1. The molecule has 1 rings (SSSR count). The topological polar surface area (TPSA) is 110 Å². The summed E-state index contributed by atoms with van der Waals surface area (Å²) in [5, 5.41) is 28.9. The van der Waals surface area contributed by atoms with Gasteiger partial charge in [0.1, 0.15) is 5.75 Å². The fourth-order valence-corrected chi connectivity index (χ4v) is 1.37. The van der Waals surface area contributed by atoms with E-state index in [1.54, 1.807) is 0 Å². The van der Waals surface area contributed by atoms with Crippen molar-refractivity contribution >= 4 is 11.7 Å². The monoisotopic (exact) mass is 241 g/mol. The molecule has 0 aromatic heterocycles. The summed E-state index contributed by atoms with van der Waals surface area (Å²) < 4.78 is 4.82. The number of carbonyl (C=O) groups is 1. The zero-order chi connectivity index (χ0) is 13.0. The highest BCUT2D eigenvalue weighted by atomic mass is 16.6. The molecule has 0 fully saturated rings. The predicted octanol–water partition coefficient (Wildman–Crippen LogP) is 1.11. The Labute approximate surface area is 96.4 Å². The number of carboxylic acid groups (broad SMARTS) is 1. The van der Waals surface area contributed by atoms with Gasteiger partial charge in [-0.15, -0.1) is 0 Å². The molecule has 0 aliphatic carbocycles. The second-order valence-corrected chi connectivity index (χ2v) is 3.30. The van der Waals surface area contributed by atoms with E-state index < -0.39 is 23.4 Å². The van der Waals surface area contributed by atoms with Crippen molar-refractivity contribution in [3.05, 3.63) is 33.9 Å². The maximum absolute atomic E-state index is 10.8. The van der Waals surface area contributed by atoms with Crippen LogP contribution in [0.2, 0.25) is 0 Å². The largest absolute Gasteiger partial charge is 0.497 e. The van der Waals surface area contributed by atoms with Crippen molar-refractivity contribution in [2.75, 3.05) is 7.11 Å². The molecule has 0 spiro atoms. The molecule has 2 N–H and O–H groups in total. The predicted molar refractivity (Wildman–Crippen MR) is 56.9 cm³/mol. The molecule has 7 nitrogen and oxygen atoms in total. The molecule has 7 heteroatoms. The highest BCUT2D eigenvalue weighted by Gasteiger charge is 2.23. The molecule has 0 aliphatic heterocycles. The summed E-state index contributed by atoms with van der Waals surface area (Å²) in [5.74, 6) is -0.967. The lowest BCUT2D eigenvalue weighted by Gasteiger charge is -2.09. The van der Waals surface area contributed by atoms with Crippen LogP contribution in [0.4, 0.5) is 5.69 Å². The molecular weight excluding hydrogens is 230 g/mol. The van der Waals surface area contributed by atoms with E-state index in [0.717, 1.165) is 6.07 Å². The molecule has 1 aromatic rings. The number of nitro groups is 1. The number of nitrogens with zero attached hydrogens (tertiary/aromatic N) is 1. The number of nitro benzene ring substituents is 1. The van der Waals surface area contributed by atoms with Gasteiger partial charge >= 0.3 is 5.97 Å². The van der Waals surface area contributed by atoms with E-state index in [0.29, 0.717) is 0 Å². The minimum absolute atomic E-state index is 0.0433. The maximum atomic E-state index is 10.8. The molecule has 1 unspecified atom stereocenters. The molecule has 0 bridgehead atoms. The second-order valence-electron chi connectivity index (χ2n) is 3.30. The number of hydrogen-bond donors (Lipinski definition) is 2. The molecule has 17 heavy (non-hydrogen) atoms. The van der Waals surface area contributed by atoms with E-state index in [9.17, 15) is 20.0 Å². The van der Waals surface area contributed by atoms with Crippen LogP contribution in [0.25, 0.3) is 0 Å². The highest BCUT2D eigenvalue weighted by Crippen LogP contribution is 2.30. The van der Waals surface area contributed by atoms with E-state index in [1.165, 1.54) is 19.2 Å². The van der Waals surface area contributed by atoms with Crippen LogP contribution in [0, 0.1) is 10.1 Å². The zero-order valence-electron chi connectivity index (χ0n) is 8.99. The number of hydrogen-bond acceptors (Lipinski definition) is 5. The molecule has 0 heterocycles. The van der Waals surface area contributed by atoms with Gasteiger partial charge in [0.2, 0.25) is 0 Å². The van der Waals surface area contributed by atoms with Gasteiger partial charge in [0.25, 0.3) is 5.69 Å². The van der Waals surface area contributed by atoms with Gasteiger partial charge in [-0.3, -0.25) is 14.9 Å². The highest BCUT2D eigenvalue weighted by molar-refractivity contribution is 5.68. The van der Waals surface area contributed by atoms with Crippen LogP contribution in [0.1, 0.15) is 18.1 Å². The number of carboxylic acids is 1. The maximum Gasteiger partial charge on any atom is 0.306 e. The third kappa shape index (κ3) is 3.15. The van der Waals surface area contributed by atoms with Gasteiger partial charge in [0.15, 0.2) is 0 Å². The third-order valence-corrected chi connectivity index (χ3v) is 2.16. The molecule has 92 valence electrons. The molecule has 0 aliphatic rings. The van der Waals surface area contributed by atoms with E-state index >= 15 is 0 Å². The van der Waals surface area contributed by atoms with Crippen LogP contribution < -0.4 is 4.74 Å². The average Bonchev–Trinajstić information content (AvgIpc) is 2.27. The van der Waals surface area contributed by atoms with Crippen molar-refractivity contribution in [3.63, 3.8) is 0 Å².